The zero-order valence-corrected chi connectivity index (χ0v) is 11.8. The second kappa shape index (κ2) is 6.17. The maximum atomic E-state index is 12.0. The summed E-state index contributed by atoms with van der Waals surface area (Å²) in [5.74, 6) is -0.325. The molecule has 1 unspecified atom stereocenters. The van der Waals surface area contributed by atoms with Crippen molar-refractivity contribution in [2.75, 3.05) is 0 Å². The van der Waals surface area contributed by atoms with Crippen LogP contribution < -0.4 is 16.6 Å². The summed E-state index contributed by atoms with van der Waals surface area (Å²) in [5.41, 5.74) is -0.194. The third-order valence-electron chi connectivity index (χ3n) is 3.08. The fourth-order valence-electron chi connectivity index (χ4n) is 1.88. The van der Waals surface area contributed by atoms with Crippen LogP contribution in [0.5, 0.6) is 0 Å². The van der Waals surface area contributed by atoms with Crippen molar-refractivity contribution in [3.05, 3.63) is 63.2 Å². The van der Waals surface area contributed by atoms with Gasteiger partial charge in [0, 0.05) is 25.5 Å². The summed E-state index contributed by atoms with van der Waals surface area (Å²) in [6, 6.07) is 6.42. The monoisotopic (exact) mass is 288 g/mol. The Bertz CT molecular complexity index is 749. The molecule has 0 aliphatic rings. The molecular weight excluding hydrogens is 272 g/mol. The number of hydrogen-bond donors (Lipinski definition) is 1. The molecule has 2 rings (SSSR count). The van der Waals surface area contributed by atoms with Gasteiger partial charge >= 0.3 is 5.69 Å². The van der Waals surface area contributed by atoms with Crippen LogP contribution in [0.15, 0.2) is 46.2 Å². The van der Waals surface area contributed by atoms with Crippen molar-refractivity contribution in [3.63, 3.8) is 0 Å². The van der Waals surface area contributed by atoms with Gasteiger partial charge in [-0.2, -0.15) is 0 Å². The molecule has 0 aliphatic heterocycles. The van der Waals surface area contributed by atoms with E-state index in [0.29, 0.717) is 0 Å². The van der Waals surface area contributed by atoms with E-state index >= 15 is 0 Å². The summed E-state index contributed by atoms with van der Waals surface area (Å²) in [4.78, 5) is 39.2. The molecule has 0 aromatic carbocycles. The first-order valence-electron chi connectivity index (χ1n) is 6.46. The van der Waals surface area contributed by atoms with E-state index in [1.807, 2.05) is 19.1 Å². The minimum atomic E-state index is -0.525. The number of carbonyl (C=O) groups excluding carboxylic acids is 1. The van der Waals surface area contributed by atoms with Gasteiger partial charge < -0.3 is 5.32 Å². The van der Waals surface area contributed by atoms with E-state index in [0.717, 1.165) is 10.3 Å². The molecule has 0 saturated carbocycles. The Morgan fingerprint density at radius 1 is 1.33 bits per heavy atom. The summed E-state index contributed by atoms with van der Waals surface area (Å²) in [5, 5.41) is 2.76. The van der Waals surface area contributed by atoms with Gasteiger partial charge in [-0.25, -0.2) is 4.79 Å². The maximum absolute atomic E-state index is 12.0. The first kappa shape index (κ1) is 14.7. The molecule has 0 radical (unpaired) electrons. The van der Waals surface area contributed by atoms with Crippen molar-refractivity contribution >= 4 is 5.91 Å². The van der Waals surface area contributed by atoms with E-state index in [-0.39, 0.29) is 18.5 Å². The third-order valence-corrected chi connectivity index (χ3v) is 3.08. The van der Waals surface area contributed by atoms with Crippen molar-refractivity contribution in [1.82, 2.24) is 19.4 Å². The Labute approximate surface area is 120 Å². The second-order valence-electron chi connectivity index (χ2n) is 4.67. The zero-order valence-electron chi connectivity index (χ0n) is 11.8. The molecule has 2 heterocycles. The molecule has 0 saturated heterocycles. The molecule has 0 fully saturated rings. The molecule has 110 valence electrons. The average molecular weight is 288 g/mol. The van der Waals surface area contributed by atoms with Crippen LogP contribution in [0.4, 0.5) is 0 Å². The molecule has 2 aromatic rings. The Morgan fingerprint density at radius 3 is 2.76 bits per heavy atom. The summed E-state index contributed by atoms with van der Waals surface area (Å²) < 4.78 is 2.14. The third kappa shape index (κ3) is 3.44. The Balaban J connectivity index is 2.08. The second-order valence-corrected chi connectivity index (χ2v) is 4.67. The number of rotatable bonds is 4. The van der Waals surface area contributed by atoms with Crippen LogP contribution in [0.3, 0.4) is 0 Å². The first-order valence-corrected chi connectivity index (χ1v) is 6.46. The van der Waals surface area contributed by atoms with Gasteiger partial charge in [-0.05, 0) is 19.1 Å². The topological polar surface area (TPSA) is 86.0 Å². The van der Waals surface area contributed by atoms with Crippen LogP contribution in [0.1, 0.15) is 18.7 Å². The highest BCUT2D eigenvalue weighted by Gasteiger charge is 2.12. The van der Waals surface area contributed by atoms with E-state index in [9.17, 15) is 14.4 Å². The molecule has 7 nitrogen and oxygen atoms in total. The molecule has 1 atom stereocenters. The van der Waals surface area contributed by atoms with Gasteiger partial charge in [0.1, 0.15) is 6.54 Å². The molecule has 0 bridgehead atoms. The van der Waals surface area contributed by atoms with Crippen LogP contribution in [-0.4, -0.2) is 20.0 Å². The number of amides is 1. The quantitative estimate of drug-likeness (QED) is 0.845. The summed E-state index contributed by atoms with van der Waals surface area (Å²) in [6.45, 7) is 1.66. The summed E-state index contributed by atoms with van der Waals surface area (Å²) in [6.07, 6.45) is 2.96. The van der Waals surface area contributed by atoms with E-state index in [2.05, 4.69) is 10.3 Å². The Hall–Kier alpha value is -2.70. The predicted octanol–water partition coefficient (Wildman–Crippen LogP) is -0.181. The van der Waals surface area contributed by atoms with Gasteiger partial charge in [0.25, 0.3) is 5.56 Å². The highest BCUT2D eigenvalue weighted by Crippen LogP contribution is 2.07. The van der Waals surface area contributed by atoms with Gasteiger partial charge in [-0.15, -0.1) is 0 Å². The fraction of sp³-hybridized carbons (Fsp3) is 0.286. The molecule has 7 heteroatoms. The van der Waals surface area contributed by atoms with Crippen molar-refractivity contribution in [2.24, 2.45) is 7.05 Å². The average Bonchev–Trinajstić information content (AvgIpc) is 2.49. The predicted molar refractivity (Wildman–Crippen MR) is 76.7 cm³/mol. The Morgan fingerprint density at radius 2 is 2.10 bits per heavy atom. The number of carbonyl (C=O) groups is 1. The highest BCUT2D eigenvalue weighted by molar-refractivity contribution is 5.76. The molecule has 1 N–H and O–H groups in total. The molecule has 1 amide bonds. The lowest BCUT2D eigenvalue weighted by Crippen LogP contribution is -2.40. The smallest absolute Gasteiger partial charge is 0.331 e. The maximum Gasteiger partial charge on any atom is 0.331 e. The molecule has 2 aromatic heterocycles. The van der Waals surface area contributed by atoms with Crippen molar-refractivity contribution in [1.29, 1.82) is 0 Å². The highest BCUT2D eigenvalue weighted by atomic mass is 16.2. The van der Waals surface area contributed by atoms with Crippen LogP contribution in [-0.2, 0) is 18.4 Å². The lowest BCUT2D eigenvalue weighted by atomic mass is 10.2. The molecule has 0 spiro atoms. The lowest BCUT2D eigenvalue weighted by molar-refractivity contribution is -0.122. The molecule has 21 heavy (non-hydrogen) atoms. The van der Waals surface area contributed by atoms with Gasteiger partial charge in [-0.1, -0.05) is 6.07 Å². The summed E-state index contributed by atoms with van der Waals surface area (Å²) >= 11 is 0. The largest absolute Gasteiger partial charge is 0.346 e. The summed E-state index contributed by atoms with van der Waals surface area (Å²) in [7, 11) is 1.37. The number of aromatic nitrogens is 3. The van der Waals surface area contributed by atoms with E-state index in [1.54, 1.807) is 12.3 Å². The van der Waals surface area contributed by atoms with E-state index in [1.165, 1.54) is 23.9 Å². The van der Waals surface area contributed by atoms with Gasteiger partial charge in [0.15, 0.2) is 0 Å². The molecular formula is C14H16N4O3. The van der Waals surface area contributed by atoms with E-state index < -0.39 is 11.2 Å². The van der Waals surface area contributed by atoms with Crippen LogP contribution in [0.2, 0.25) is 0 Å². The van der Waals surface area contributed by atoms with Gasteiger partial charge in [-0.3, -0.25) is 23.7 Å². The Kier molecular flexibility index (Phi) is 4.32. The number of pyridine rings is 1. The van der Waals surface area contributed by atoms with Crippen LogP contribution in [0, 0.1) is 0 Å². The van der Waals surface area contributed by atoms with Crippen molar-refractivity contribution in [3.8, 4) is 0 Å². The SMILES string of the molecule is CC(NC(=O)Cn1ccc(=O)n(C)c1=O)c1ccccn1. The van der Waals surface area contributed by atoms with Gasteiger partial charge in [0.05, 0.1) is 11.7 Å². The van der Waals surface area contributed by atoms with E-state index in [4.69, 9.17) is 0 Å². The van der Waals surface area contributed by atoms with Crippen LogP contribution >= 0.6 is 0 Å². The molecule has 0 aliphatic carbocycles. The number of nitrogens with zero attached hydrogens (tertiary/aromatic N) is 3. The number of nitrogens with one attached hydrogen (secondary N) is 1. The van der Waals surface area contributed by atoms with Crippen molar-refractivity contribution in [2.45, 2.75) is 19.5 Å². The zero-order chi connectivity index (χ0) is 15.4. The standard InChI is InChI=1S/C14H16N4O3/c1-10(11-5-3-4-7-15-11)16-12(19)9-18-8-6-13(20)17(2)14(18)21/h3-8,10H,9H2,1-2H3,(H,16,19). The van der Waals surface area contributed by atoms with Crippen molar-refractivity contribution < 1.29 is 4.79 Å². The van der Waals surface area contributed by atoms with Crippen LogP contribution in [0.25, 0.3) is 0 Å². The number of hydrogen-bond acceptors (Lipinski definition) is 4. The minimum absolute atomic E-state index is 0.149. The normalized spacial score (nSPS) is 11.9. The lowest BCUT2D eigenvalue weighted by Gasteiger charge is -2.14. The van der Waals surface area contributed by atoms with Gasteiger partial charge in [0.2, 0.25) is 5.91 Å². The minimum Gasteiger partial charge on any atom is -0.346 e. The first-order chi connectivity index (χ1) is 9.99. The fourth-order valence-corrected chi connectivity index (χ4v) is 1.88.